The molecule has 0 saturated carbocycles. The van der Waals surface area contributed by atoms with Gasteiger partial charge < -0.3 is 4.48 Å². The zero-order valence-electron chi connectivity index (χ0n) is 12.4. The second kappa shape index (κ2) is 13.7. The number of hydrogen-bond acceptors (Lipinski definition) is 0. The van der Waals surface area contributed by atoms with Crippen LogP contribution in [0.1, 0.15) is 47.5 Å². The highest BCUT2D eigenvalue weighted by atomic mass is 15.3. The molecular formula is C14H34N+. The lowest BCUT2D eigenvalue weighted by molar-refractivity contribution is -0.873. The van der Waals surface area contributed by atoms with Crippen LogP contribution in [0.4, 0.5) is 0 Å². The normalized spacial score (nSPS) is 11.5. The van der Waals surface area contributed by atoms with Gasteiger partial charge in [-0.2, -0.15) is 0 Å². The number of quaternary nitrogens is 1. The second-order valence-corrected chi connectivity index (χ2v) is 4.27. The summed E-state index contributed by atoms with van der Waals surface area (Å²) < 4.78 is 1.06. The first-order chi connectivity index (χ1) is 6.99. The van der Waals surface area contributed by atoms with Crippen molar-refractivity contribution >= 4 is 0 Å². The van der Waals surface area contributed by atoms with Gasteiger partial charge in [-0.05, 0) is 12.8 Å². The van der Waals surface area contributed by atoms with Crippen LogP contribution in [0.5, 0.6) is 0 Å². The molecule has 0 aliphatic heterocycles. The van der Waals surface area contributed by atoms with Gasteiger partial charge in [0.05, 0.1) is 27.7 Å². The molecule has 0 spiro atoms. The average Bonchev–Trinajstić information content (AvgIpc) is 2.21. The molecule has 0 radical (unpaired) electrons. The molecule has 0 fully saturated rings. The number of nitrogens with zero attached hydrogens (tertiary/aromatic N) is 1. The molecule has 0 aromatic heterocycles. The van der Waals surface area contributed by atoms with E-state index in [2.05, 4.69) is 34.6 Å². The Morgan fingerprint density at radius 1 is 1.07 bits per heavy atom. The topological polar surface area (TPSA) is 0 Å². The van der Waals surface area contributed by atoms with Crippen LogP contribution in [0, 0.1) is 5.92 Å². The molecule has 1 unspecified atom stereocenters. The molecule has 1 heteroatoms. The Bertz CT molecular complexity index is 111. The molecule has 0 bridgehead atoms. The SMILES string of the molecule is C=CCC(CC)C[N+](C)(C)C.CC.CC. The van der Waals surface area contributed by atoms with Crippen molar-refractivity contribution in [1.82, 2.24) is 0 Å². The minimum absolute atomic E-state index is 0.812. The molecule has 1 atom stereocenters. The summed E-state index contributed by atoms with van der Waals surface area (Å²) in [6, 6.07) is 0. The Morgan fingerprint density at radius 3 is 1.67 bits per heavy atom. The fourth-order valence-corrected chi connectivity index (χ4v) is 1.38. The maximum absolute atomic E-state index is 3.77. The van der Waals surface area contributed by atoms with Crippen molar-refractivity contribution < 1.29 is 4.48 Å². The lowest BCUT2D eigenvalue weighted by Crippen LogP contribution is -2.38. The summed E-state index contributed by atoms with van der Waals surface area (Å²) in [6.07, 6.45) is 4.46. The first-order valence-corrected chi connectivity index (χ1v) is 6.41. The van der Waals surface area contributed by atoms with E-state index in [1.165, 1.54) is 13.0 Å². The van der Waals surface area contributed by atoms with Crippen molar-refractivity contribution in [3.8, 4) is 0 Å². The van der Waals surface area contributed by atoms with E-state index >= 15 is 0 Å². The quantitative estimate of drug-likeness (QED) is 0.473. The van der Waals surface area contributed by atoms with Crippen LogP contribution in [0.3, 0.4) is 0 Å². The van der Waals surface area contributed by atoms with E-state index in [1.54, 1.807) is 0 Å². The van der Waals surface area contributed by atoms with Gasteiger partial charge in [-0.15, -0.1) is 6.58 Å². The number of rotatable bonds is 5. The van der Waals surface area contributed by atoms with Crippen molar-refractivity contribution in [2.45, 2.75) is 47.5 Å². The van der Waals surface area contributed by atoms with Gasteiger partial charge in [0.1, 0.15) is 0 Å². The monoisotopic (exact) mass is 216 g/mol. The van der Waals surface area contributed by atoms with E-state index in [0.717, 1.165) is 16.8 Å². The molecule has 0 rings (SSSR count). The standard InChI is InChI=1S/C10H22N.2C2H6/c1-6-8-10(7-2)9-11(3,4)5;2*1-2/h6,10H,1,7-9H2,2-5H3;2*1-2H3/q+1;;. The van der Waals surface area contributed by atoms with Crippen LogP contribution in [0.15, 0.2) is 12.7 Å². The molecule has 0 saturated heterocycles. The molecule has 15 heavy (non-hydrogen) atoms. The lowest BCUT2D eigenvalue weighted by Gasteiger charge is -2.28. The van der Waals surface area contributed by atoms with Crippen LogP contribution in [-0.4, -0.2) is 32.2 Å². The Kier molecular flexibility index (Phi) is 18.4. The molecule has 0 aromatic rings. The molecule has 0 amide bonds. The van der Waals surface area contributed by atoms with Gasteiger partial charge in [-0.25, -0.2) is 0 Å². The predicted molar refractivity (Wildman–Crippen MR) is 74.2 cm³/mol. The molecule has 0 heterocycles. The highest BCUT2D eigenvalue weighted by molar-refractivity contribution is 4.71. The summed E-state index contributed by atoms with van der Waals surface area (Å²) in [5, 5.41) is 0. The van der Waals surface area contributed by atoms with Gasteiger partial charge in [0.2, 0.25) is 0 Å². The molecule has 94 valence electrons. The first-order valence-electron chi connectivity index (χ1n) is 6.41. The summed E-state index contributed by atoms with van der Waals surface area (Å²) >= 11 is 0. The molecule has 0 aliphatic carbocycles. The van der Waals surface area contributed by atoms with E-state index < -0.39 is 0 Å². The summed E-state index contributed by atoms with van der Waals surface area (Å²) in [6.45, 7) is 15.3. The van der Waals surface area contributed by atoms with Gasteiger partial charge in [-0.3, -0.25) is 0 Å². The van der Waals surface area contributed by atoms with Crippen molar-refractivity contribution in [2.24, 2.45) is 5.92 Å². The zero-order valence-corrected chi connectivity index (χ0v) is 12.4. The van der Waals surface area contributed by atoms with Crippen molar-refractivity contribution in [2.75, 3.05) is 27.7 Å². The van der Waals surface area contributed by atoms with Crippen LogP contribution >= 0.6 is 0 Å². The molecule has 0 aromatic carbocycles. The van der Waals surface area contributed by atoms with Gasteiger partial charge in [0.25, 0.3) is 0 Å². The maximum Gasteiger partial charge on any atom is 0.0811 e. The van der Waals surface area contributed by atoms with Crippen molar-refractivity contribution in [3.63, 3.8) is 0 Å². The Hall–Kier alpha value is -0.300. The summed E-state index contributed by atoms with van der Waals surface area (Å²) in [7, 11) is 6.73. The van der Waals surface area contributed by atoms with Gasteiger partial charge in [-0.1, -0.05) is 40.7 Å². The molecule has 0 aliphatic rings. The molecule has 0 N–H and O–H groups in total. The minimum Gasteiger partial charge on any atom is -0.331 e. The Morgan fingerprint density at radius 2 is 1.47 bits per heavy atom. The van der Waals surface area contributed by atoms with Crippen LogP contribution < -0.4 is 0 Å². The fourth-order valence-electron chi connectivity index (χ4n) is 1.38. The number of hydrogen-bond donors (Lipinski definition) is 0. The Balaban J connectivity index is -0.000000318. The fraction of sp³-hybridized carbons (Fsp3) is 0.857. The average molecular weight is 216 g/mol. The van der Waals surface area contributed by atoms with Gasteiger partial charge >= 0.3 is 0 Å². The third-order valence-electron chi connectivity index (χ3n) is 1.88. The third-order valence-corrected chi connectivity index (χ3v) is 1.88. The van der Waals surface area contributed by atoms with Crippen LogP contribution in [-0.2, 0) is 0 Å². The van der Waals surface area contributed by atoms with E-state index in [9.17, 15) is 0 Å². The third kappa shape index (κ3) is 19.9. The van der Waals surface area contributed by atoms with Crippen LogP contribution in [0.25, 0.3) is 0 Å². The van der Waals surface area contributed by atoms with Crippen molar-refractivity contribution in [3.05, 3.63) is 12.7 Å². The molecule has 1 nitrogen and oxygen atoms in total. The molecular weight excluding hydrogens is 182 g/mol. The summed E-state index contributed by atoms with van der Waals surface area (Å²) in [5.74, 6) is 0.812. The first kappa shape index (κ1) is 20.2. The highest BCUT2D eigenvalue weighted by Gasteiger charge is 2.14. The lowest BCUT2D eigenvalue weighted by atomic mass is 10.0. The van der Waals surface area contributed by atoms with E-state index in [0.29, 0.717) is 0 Å². The maximum atomic E-state index is 3.77. The van der Waals surface area contributed by atoms with E-state index in [-0.39, 0.29) is 0 Å². The van der Waals surface area contributed by atoms with E-state index in [4.69, 9.17) is 0 Å². The highest BCUT2D eigenvalue weighted by Crippen LogP contribution is 2.11. The smallest absolute Gasteiger partial charge is 0.0811 e. The Labute approximate surface area is 98.8 Å². The largest absolute Gasteiger partial charge is 0.331 e. The van der Waals surface area contributed by atoms with Crippen molar-refractivity contribution in [1.29, 1.82) is 0 Å². The van der Waals surface area contributed by atoms with E-state index in [1.807, 2.05) is 33.8 Å². The number of allylic oxidation sites excluding steroid dienone is 1. The zero-order chi connectivity index (χ0) is 12.9. The summed E-state index contributed by atoms with van der Waals surface area (Å²) in [4.78, 5) is 0. The second-order valence-electron chi connectivity index (χ2n) is 4.27. The van der Waals surface area contributed by atoms with Crippen LogP contribution in [0.2, 0.25) is 0 Å². The van der Waals surface area contributed by atoms with Gasteiger partial charge in [0.15, 0.2) is 0 Å². The summed E-state index contributed by atoms with van der Waals surface area (Å²) in [5.41, 5.74) is 0. The minimum atomic E-state index is 0.812. The predicted octanol–water partition coefficient (Wildman–Crippen LogP) is 4.35. The van der Waals surface area contributed by atoms with Gasteiger partial charge in [0, 0.05) is 5.92 Å².